The zero-order chi connectivity index (χ0) is 77.4. The van der Waals surface area contributed by atoms with Gasteiger partial charge in [0.15, 0.2) is 0 Å². The number of nitrogens with zero attached hydrogens (tertiary/aromatic N) is 4. The summed E-state index contributed by atoms with van der Waals surface area (Å²) in [5, 5.41) is 20.6. The average Bonchev–Trinajstić information content (AvgIpc) is 0.756. The van der Waals surface area contributed by atoms with Crippen LogP contribution in [0, 0.1) is 23.2 Å². The molecule has 0 amide bonds. The van der Waals surface area contributed by atoms with Crippen LogP contribution in [0.15, 0.2) is 191 Å². The van der Waals surface area contributed by atoms with Gasteiger partial charge in [0, 0.05) is 90.6 Å². The first-order valence-corrected chi connectivity index (χ1v) is 38.5. The molecular weight excluding hydrogens is 1370 g/mol. The molecule has 16 heteroatoms. The van der Waals surface area contributed by atoms with E-state index in [4.69, 9.17) is 13.9 Å². The number of anilines is 2. The van der Waals surface area contributed by atoms with Crippen LogP contribution < -0.4 is 29.7 Å². The summed E-state index contributed by atoms with van der Waals surface area (Å²) < 4.78 is 118. The molecule has 4 bridgehead atoms. The molecule has 7 aromatic carbocycles. The maximum atomic E-state index is 12.9. The first-order chi connectivity index (χ1) is 50.9. The van der Waals surface area contributed by atoms with E-state index in [1.165, 1.54) is 79.4 Å². The molecule has 1 N–H and O–H groups in total. The van der Waals surface area contributed by atoms with Crippen LogP contribution in [0.25, 0.3) is 76.9 Å². The number of hydrogen-bond acceptors (Lipinski definition) is 5. The second-order valence-electron chi connectivity index (χ2n) is 30.2. The Labute approximate surface area is 627 Å². The standard InChI is InChI=1S/C23H31N2O.C19H23N2O.C16H14.C12H20.C12H12.C9H10F8O2/c1-5-9-14-25(8-4)21-13-11-19-15-18-10-12-20(24(6-2)7-3)16-22(18)26-23(19)17-21;1-5-10-21(4)17-9-7-15-11-14-6-8-16(20(2)3)12-18(14)22-19(15)13-17;1-2-12-7-8-15-10-13-5-3-4-6-14(13)11-16(15)9-12;1-2-12-6-9-3-10(7-12)5-11(4-9)8-12;1-2-10-7-8-11-5-3-4-6-12(11)9-10;1-6(10,11)2-7(12,13)3-8(14,15)4-9(16,17)5(18)19/h10-13,15-17H,5-9,14H2,1-4H3;6-9,11-13H,5,10H2,1-4H3;3-11H,2H2,1H3;9-11H,2-8H2,1H3;3-9H,2H2,1H3;2-4H2,1H3,(H,18,19)/q2*+1;;;;. The molecule has 8 aliphatic rings. The van der Waals surface area contributed by atoms with Crippen molar-refractivity contribution in [3.8, 4) is 22.6 Å². The number of alkyl halides is 8. The van der Waals surface area contributed by atoms with Gasteiger partial charge in [0.1, 0.15) is 49.9 Å². The van der Waals surface area contributed by atoms with Gasteiger partial charge in [0.2, 0.25) is 10.7 Å². The van der Waals surface area contributed by atoms with Gasteiger partial charge in [-0.3, -0.25) is 0 Å². The minimum absolute atomic E-state index is 0.0604. The lowest BCUT2D eigenvalue weighted by atomic mass is 9.49. The molecular formula is C91H110F8N4O4+2. The summed E-state index contributed by atoms with van der Waals surface area (Å²) in [6, 6.07) is 65.2. The van der Waals surface area contributed by atoms with Gasteiger partial charge < -0.3 is 23.7 Å². The maximum Gasteiger partial charge on any atom is 0.374 e. The monoisotopic (exact) mass is 1470 g/mol. The van der Waals surface area contributed by atoms with Crippen LogP contribution in [0.4, 0.5) is 46.5 Å². The molecule has 0 atom stereocenters. The van der Waals surface area contributed by atoms with E-state index in [9.17, 15) is 39.9 Å². The zero-order valence-corrected chi connectivity index (χ0v) is 64.7. The first kappa shape index (κ1) is 82.3. The molecule has 0 unspecified atom stereocenters. The van der Waals surface area contributed by atoms with Crippen LogP contribution in [0.2, 0.25) is 0 Å². The van der Waals surface area contributed by atoms with Gasteiger partial charge >= 0.3 is 11.9 Å². The lowest BCUT2D eigenvalue weighted by molar-refractivity contribution is -0.194. The van der Waals surface area contributed by atoms with E-state index in [1.807, 2.05) is 14.1 Å². The fourth-order valence-corrected chi connectivity index (χ4v) is 16.0. The third-order valence-electron chi connectivity index (χ3n) is 21.4. The number of unbranched alkanes of at least 4 members (excludes halogenated alkanes) is 1. The van der Waals surface area contributed by atoms with Crippen molar-refractivity contribution < 1.29 is 53.9 Å². The molecule has 0 saturated heterocycles. The van der Waals surface area contributed by atoms with Gasteiger partial charge in [-0.2, -0.15) is 8.78 Å². The number of hydrogen-bond donors (Lipinski definition) is 1. The number of aryl methyl sites for hydroxylation is 2. The summed E-state index contributed by atoms with van der Waals surface area (Å²) in [5.74, 6) is -15.9. The van der Waals surface area contributed by atoms with E-state index in [0.717, 1.165) is 125 Å². The predicted molar refractivity (Wildman–Crippen MR) is 427 cm³/mol. The van der Waals surface area contributed by atoms with Crippen LogP contribution in [-0.4, -0.2) is 88.6 Å². The summed E-state index contributed by atoms with van der Waals surface area (Å²) >= 11 is 0. The molecule has 572 valence electrons. The number of aliphatic carboxylic acids is 1. The SMILES string of the molecule is CC(F)(F)CC(F)(F)CC(F)(F)CC(F)(F)C(=O)O.CCC12CC3CC(CC(C3)C1)C2.CCCC[N+](CC)=c1ccc2cc3ccc(N(CC)CC)cc3oc-2c1.CCCN(C)c1ccc2cc3ccc(=[N+](C)C)cc-3oc2c1.CCc1ccc2cc3ccccc3cc2c1.CCc1ccc2ccccc2c1. The van der Waals surface area contributed by atoms with E-state index in [-0.39, 0.29) is 6.92 Å². The fourth-order valence-electron chi connectivity index (χ4n) is 16.0. The second kappa shape index (κ2) is 36.4. The molecule has 107 heavy (non-hydrogen) atoms. The van der Waals surface area contributed by atoms with Crippen molar-refractivity contribution >= 4 is 71.6 Å². The second-order valence-corrected chi connectivity index (χ2v) is 30.2. The third kappa shape index (κ3) is 22.4. The highest BCUT2D eigenvalue weighted by Crippen LogP contribution is 2.61. The van der Waals surface area contributed by atoms with E-state index >= 15 is 0 Å². The van der Waals surface area contributed by atoms with Gasteiger partial charge in [-0.1, -0.05) is 132 Å². The number of carboxylic acids is 1. The summed E-state index contributed by atoms with van der Waals surface area (Å²) in [4.78, 5) is 14.5. The molecule has 4 fully saturated rings. The predicted octanol–water partition coefficient (Wildman–Crippen LogP) is 23.8. The normalized spacial score (nSPS) is 17.1. The number of rotatable bonds is 20. The Bertz CT molecular complexity index is 4800. The highest BCUT2D eigenvalue weighted by molar-refractivity contribution is 5.98. The molecule has 2 heterocycles. The van der Waals surface area contributed by atoms with Crippen molar-refractivity contribution in [1.82, 2.24) is 9.15 Å². The Morgan fingerprint density at radius 3 is 1.45 bits per heavy atom. The average molecular weight is 1480 g/mol. The minimum Gasteiger partial charge on any atom is -0.477 e. The van der Waals surface area contributed by atoms with Crippen LogP contribution in [-0.2, 0) is 17.6 Å². The van der Waals surface area contributed by atoms with Gasteiger partial charge in [-0.25, -0.2) is 40.3 Å². The highest BCUT2D eigenvalue weighted by atomic mass is 19.3. The van der Waals surface area contributed by atoms with Crippen molar-refractivity contribution in [3.63, 3.8) is 0 Å². The van der Waals surface area contributed by atoms with Crippen molar-refractivity contribution in [2.45, 2.75) is 182 Å². The largest absolute Gasteiger partial charge is 0.477 e. The fraction of sp³-hybridized carbons (Fsp3) is 0.440. The van der Waals surface area contributed by atoms with Crippen molar-refractivity contribution in [1.29, 1.82) is 0 Å². The summed E-state index contributed by atoms with van der Waals surface area (Å²) in [7, 11) is 6.20. The van der Waals surface area contributed by atoms with Gasteiger partial charge in [-0.15, -0.1) is 0 Å². The number of benzene rings is 9. The smallest absolute Gasteiger partial charge is 0.374 e. The van der Waals surface area contributed by atoms with E-state index in [0.29, 0.717) is 0 Å². The number of fused-ring (bicyclic) bond motifs is 7. The summed E-state index contributed by atoms with van der Waals surface area (Å²) in [6.07, 6.45) is 9.32. The lowest BCUT2D eigenvalue weighted by Gasteiger charge is -2.56. The molecule has 0 radical (unpaired) electrons. The molecule has 0 aromatic heterocycles. The first-order valence-electron chi connectivity index (χ1n) is 38.5. The summed E-state index contributed by atoms with van der Waals surface area (Å²) in [6.45, 7) is 23.1. The minimum atomic E-state index is -4.92. The van der Waals surface area contributed by atoms with E-state index < -0.39 is 48.9 Å². The Morgan fingerprint density at radius 1 is 0.505 bits per heavy atom. The maximum absolute atomic E-state index is 12.9. The number of carbonyl (C=O) groups is 1. The molecule has 4 saturated carbocycles. The van der Waals surface area contributed by atoms with Gasteiger partial charge in [0.05, 0.1) is 31.4 Å². The Hall–Kier alpha value is -8.79. The molecule has 8 nitrogen and oxygen atoms in total. The van der Waals surface area contributed by atoms with Crippen LogP contribution >= 0.6 is 0 Å². The van der Waals surface area contributed by atoms with Gasteiger partial charge in [0.25, 0.3) is 17.8 Å². The third-order valence-corrected chi connectivity index (χ3v) is 21.4. The lowest BCUT2D eigenvalue weighted by Crippen LogP contribution is -2.45. The van der Waals surface area contributed by atoms with E-state index in [1.54, 1.807) is 38.5 Å². The topological polar surface area (TPSA) is 76.1 Å². The van der Waals surface area contributed by atoms with Crippen LogP contribution in [0.5, 0.6) is 0 Å². The van der Waals surface area contributed by atoms with Crippen molar-refractivity contribution in [2.75, 3.05) is 63.7 Å². The Morgan fingerprint density at radius 2 is 0.963 bits per heavy atom. The molecule has 2 aliphatic heterocycles. The van der Waals surface area contributed by atoms with Crippen molar-refractivity contribution in [3.05, 3.63) is 204 Å². The molecule has 6 aliphatic carbocycles. The quantitative estimate of drug-likeness (QED) is 0.0466. The number of carboxylic acid groups (broad SMARTS) is 1. The van der Waals surface area contributed by atoms with Crippen LogP contribution in [0.3, 0.4) is 0 Å². The number of halogens is 8. The molecule has 7 aromatic rings. The van der Waals surface area contributed by atoms with Crippen molar-refractivity contribution in [2.24, 2.45) is 23.2 Å². The Balaban J connectivity index is 0.000000151. The Kier molecular flexibility index (Phi) is 28.0. The van der Waals surface area contributed by atoms with E-state index in [2.05, 4.69) is 263 Å². The summed E-state index contributed by atoms with van der Waals surface area (Å²) in [5.41, 5.74) is 10.3. The molecule has 0 spiro atoms. The molecule has 15 rings (SSSR count). The zero-order valence-electron chi connectivity index (χ0n) is 64.7. The van der Waals surface area contributed by atoms with Crippen LogP contribution in [0.1, 0.15) is 157 Å². The highest BCUT2D eigenvalue weighted by Gasteiger charge is 2.55. The van der Waals surface area contributed by atoms with Gasteiger partial charge in [-0.05, 0) is 213 Å².